The lowest BCUT2D eigenvalue weighted by Gasteiger charge is -2.22. The van der Waals surface area contributed by atoms with Gasteiger partial charge in [0.1, 0.15) is 4.90 Å². The van der Waals surface area contributed by atoms with Gasteiger partial charge in [0.15, 0.2) is 11.5 Å². The summed E-state index contributed by atoms with van der Waals surface area (Å²) in [5.74, 6) is -2.20. The molecule has 1 fully saturated rings. The standard InChI is InChI=1S/C28H34N2O6S/c1-17(2)23-15-24(26(32)27(33)25(23)31)37(35,36)30(3)22-12-11-19-13-21(10-9-20(19)14-22)28(34)29-16-18-7-5-4-6-8-18/h9-15,17-18,31-33H,4-8,16H2,1-3H3,(H,29,34). The highest BCUT2D eigenvalue weighted by Crippen LogP contribution is 2.45. The van der Waals surface area contributed by atoms with Crippen LogP contribution in [0.2, 0.25) is 0 Å². The molecule has 198 valence electrons. The molecule has 0 atom stereocenters. The van der Waals surface area contributed by atoms with Gasteiger partial charge in [0.25, 0.3) is 15.9 Å². The zero-order valence-corrected chi connectivity index (χ0v) is 22.2. The fraction of sp³-hybridized carbons (Fsp3) is 0.393. The number of carbonyl (C=O) groups is 1. The van der Waals surface area contributed by atoms with E-state index in [-0.39, 0.29) is 17.4 Å². The third-order valence-electron chi connectivity index (χ3n) is 7.23. The molecule has 8 nitrogen and oxygen atoms in total. The minimum Gasteiger partial charge on any atom is -0.504 e. The number of benzene rings is 3. The Balaban J connectivity index is 1.58. The number of aromatic hydroxyl groups is 3. The first-order chi connectivity index (χ1) is 17.5. The van der Waals surface area contributed by atoms with E-state index in [1.165, 1.54) is 32.4 Å². The molecule has 0 bridgehead atoms. The van der Waals surface area contributed by atoms with Gasteiger partial charge in [-0.15, -0.1) is 0 Å². The molecule has 1 amide bonds. The molecule has 0 aromatic heterocycles. The van der Waals surface area contributed by atoms with E-state index in [0.717, 1.165) is 27.9 Å². The van der Waals surface area contributed by atoms with E-state index in [1.807, 2.05) is 0 Å². The van der Waals surface area contributed by atoms with Crippen molar-refractivity contribution in [1.82, 2.24) is 5.32 Å². The zero-order chi connectivity index (χ0) is 26.9. The highest BCUT2D eigenvalue weighted by atomic mass is 32.2. The quantitative estimate of drug-likeness (QED) is 0.313. The number of sulfonamides is 1. The lowest BCUT2D eigenvalue weighted by molar-refractivity contribution is 0.0943. The molecule has 0 unspecified atom stereocenters. The Morgan fingerprint density at radius 2 is 1.59 bits per heavy atom. The zero-order valence-electron chi connectivity index (χ0n) is 21.4. The first kappa shape index (κ1) is 26.6. The van der Waals surface area contributed by atoms with Crippen LogP contribution in [0.15, 0.2) is 47.4 Å². The molecular formula is C28H34N2O6S. The molecule has 1 aliphatic rings. The number of rotatable bonds is 7. The van der Waals surface area contributed by atoms with Crippen molar-refractivity contribution in [3.05, 3.63) is 53.6 Å². The van der Waals surface area contributed by atoms with Gasteiger partial charge in [0.2, 0.25) is 5.75 Å². The van der Waals surface area contributed by atoms with Crippen molar-refractivity contribution >= 4 is 32.4 Å². The predicted molar refractivity (Wildman–Crippen MR) is 144 cm³/mol. The lowest BCUT2D eigenvalue weighted by atomic mass is 9.89. The Labute approximate surface area is 217 Å². The average Bonchev–Trinajstić information content (AvgIpc) is 2.89. The second-order valence-electron chi connectivity index (χ2n) is 10.1. The van der Waals surface area contributed by atoms with Crippen molar-refractivity contribution in [3.8, 4) is 17.2 Å². The molecule has 0 saturated heterocycles. The average molecular weight is 527 g/mol. The van der Waals surface area contributed by atoms with Gasteiger partial charge in [-0.1, -0.05) is 45.2 Å². The normalized spacial score (nSPS) is 14.7. The Morgan fingerprint density at radius 3 is 2.27 bits per heavy atom. The van der Waals surface area contributed by atoms with E-state index in [9.17, 15) is 28.5 Å². The van der Waals surface area contributed by atoms with Crippen LogP contribution in [0, 0.1) is 5.92 Å². The fourth-order valence-corrected chi connectivity index (χ4v) is 6.17. The maximum absolute atomic E-state index is 13.4. The van der Waals surface area contributed by atoms with E-state index in [0.29, 0.717) is 23.7 Å². The van der Waals surface area contributed by atoms with Gasteiger partial charge in [-0.05, 0) is 65.8 Å². The van der Waals surface area contributed by atoms with Crippen molar-refractivity contribution in [1.29, 1.82) is 0 Å². The van der Waals surface area contributed by atoms with Gasteiger partial charge < -0.3 is 20.6 Å². The Hall–Kier alpha value is -3.46. The van der Waals surface area contributed by atoms with Gasteiger partial charge in [-0.25, -0.2) is 8.42 Å². The summed E-state index contributed by atoms with van der Waals surface area (Å²) in [4.78, 5) is 12.2. The van der Waals surface area contributed by atoms with Gasteiger partial charge >= 0.3 is 0 Å². The van der Waals surface area contributed by atoms with Gasteiger partial charge in [0, 0.05) is 24.7 Å². The van der Waals surface area contributed by atoms with Crippen LogP contribution in [0.25, 0.3) is 10.8 Å². The SMILES string of the molecule is CC(C)c1cc(S(=O)(=O)N(C)c2ccc3cc(C(=O)NCC4CCCCC4)ccc3c2)c(O)c(O)c1O. The summed E-state index contributed by atoms with van der Waals surface area (Å²) < 4.78 is 27.8. The number of carbonyl (C=O) groups excluding carboxylic acids is 1. The summed E-state index contributed by atoms with van der Waals surface area (Å²) >= 11 is 0. The van der Waals surface area contributed by atoms with Crippen LogP contribution in [0.1, 0.15) is 67.8 Å². The molecular weight excluding hydrogens is 492 g/mol. The van der Waals surface area contributed by atoms with Gasteiger partial charge in [-0.2, -0.15) is 0 Å². The maximum atomic E-state index is 13.4. The molecule has 0 heterocycles. The van der Waals surface area contributed by atoms with Crippen molar-refractivity contribution in [2.45, 2.75) is 56.8 Å². The lowest BCUT2D eigenvalue weighted by Crippen LogP contribution is -2.30. The number of hydrogen-bond acceptors (Lipinski definition) is 6. The van der Waals surface area contributed by atoms with E-state index in [2.05, 4.69) is 5.32 Å². The number of nitrogens with zero attached hydrogens (tertiary/aromatic N) is 1. The van der Waals surface area contributed by atoms with E-state index < -0.39 is 32.2 Å². The topological polar surface area (TPSA) is 127 Å². The summed E-state index contributed by atoms with van der Waals surface area (Å²) in [6.45, 7) is 4.15. The van der Waals surface area contributed by atoms with E-state index in [4.69, 9.17) is 0 Å². The molecule has 37 heavy (non-hydrogen) atoms. The smallest absolute Gasteiger partial charge is 0.267 e. The number of hydrogen-bond donors (Lipinski definition) is 4. The first-order valence-electron chi connectivity index (χ1n) is 12.6. The highest BCUT2D eigenvalue weighted by Gasteiger charge is 2.30. The third-order valence-corrected chi connectivity index (χ3v) is 9.03. The third kappa shape index (κ3) is 5.32. The Morgan fingerprint density at radius 1 is 0.946 bits per heavy atom. The van der Waals surface area contributed by atoms with Crippen LogP contribution in [0.4, 0.5) is 5.69 Å². The molecule has 9 heteroatoms. The van der Waals surface area contributed by atoms with Crippen molar-refractivity contribution in [2.75, 3.05) is 17.9 Å². The summed E-state index contributed by atoms with van der Waals surface area (Å²) in [5, 5.41) is 35.2. The van der Waals surface area contributed by atoms with Gasteiger partial charge in [-0.3, -0.25) is 9.10 Å². The van der Waals surface area contributed by atoms with Crippen molar-refractivity contribution in [3.63, 3.8) is 0 Å². The molecule has 3 aromatic carbocycles. The summed E-state index contributed by atoms with van der Waals surface area (Å²) in [7, 11) is -2.93. The fourth-order valence-electron chi connectivity index (χ4n) is 4.87. The number of fused-ring (bicyclic) bond motifs is 1. The molecule has 4 rings (SSSR count). The number of phenols is 3. The second-order valence-corrected chi connectivity index (χ2v) is 12.0. The van der Waals surface area contributed by atoms with Gasteiger partial charge in [0.05, 0.1) is 5.69 Å². The maximum Gasteiger partial charge on any atom is 0.267 e. The highest BCUT2D eigenvalue weighted by molar-refractivity contribution is 7.93. The molecule has 0 spiro atoms. The molecule has 1 aliphatic carbocycles. The van der Waals surface area contributed by atoms with E-state index in [1.54, 1.807) is 50.2 Å². The number of nitrogens with one attached hydrogen (secondary N) is 1. The van der Waals surface area contributed by atoms with E-state index >= 15 is 0 Å². The molecule has 0 radical (unpaired) electrons. The minimum atomic E-state index is -4.28. The summed E-state index contributed by atoms with van der Waals surface area (Å²) in [6.07, 6.45) is 6.01. The van der Waals surface area contributed by atoms with Crippen LogP contribution in [0.3, 0.4) is 0 Å². The molecule has 1 saturated carbocycles. The Kier molecular flexibility index (Phi) is 7.54. The first-order valence-corrected chi connectivity index (χ1v) is 14.0. The second kappa shape index (κ2) is 10.5. The van der Waals surface area contributed by atoms with Crippen LogP contribution in [-0.4, -0.2) is 43.2 Å². The van der Waals surface area contributed by atoms with Crippen molar-refractivity contribution in [2.24, 2.45) is 5.92 Å². The molecule has 0 aliphatic heterocycles. The van der Waals surface area contributed by atoms with Crippen LogP contribution in [0.5, 0.6) is 17.2 Å². The van der Waals surface area contributed by atoms with Crippen molar-refractivity contribution < 1.29 is 28.5 Å². The summed E-state index contributed by atoms with van der Waals surface area (Å²) in [5.41, 5.74) is 1.08. The largest absolute Gasteiger partial charge is 0.504 e. The number of anilines is 1. The minimum absolute atomic E-state index is 0.125. The number of phenolic OH excluding ortho intramolecular Hbond substituents is 3. The molecule has 4 N–H and O–H groups in total. The van der Waals surface area contributed by atoms with Crippen LogP contribution in [-0.2, 0) is 10.0 Å². The molecule has 3 aromatic rings. The summed E-state index contributed by atoms with van der Waals surface area (Å²) in [6, 6.07) is 11.5. The number of amides is 1. The Bertz CT molecular complexity index is 1430. The monoisotopic (exact) mass is 526 g/mol. The van der Waals surface area contributed by atoms with Crippen LogP contribution < -0.4 is 9.62 Å². The van der Waals surface area contributed by atoms with Crippen LogP contribution >= 0.6 is 0 Å². The predicted octanol–water partition coefficient (Wildman–Crippen LogP) is 5.22.